The Morgan fingerprint density at radius 2 is 1.76 bits per heavy atom. The van der Waals surface area contributed by atoms with E-state index in [1.165, 1.54) is 32.4 Å². The normalized spacial score (nSPS) is 11.0. The summed E-state index contributed by atoms with van der Waals surface area (Å²) in [7, 11) is 1.17. The molecule has 2 aromatic carbocycles. The largest absolute Gasteiger partial charge is 0.573 e. The Bertz CT molecular complexity index is 1250. The predicted molar refractivity (Wildman–Crippen MR) is 113 cm³/mol. The standard InChI is InChI=1S/C22H15ClF4N2O5/c1-11(30)16-9-13(5-6-28-16)29-21(31)20-15(24)7-12(23)8-19(20)33-17-4-3-14(10-18(17)32-2)34-22(25,26)27/h3-10H,1-2H3,(H,28,29,31). The Kier molecular flexibility index (Phi) is 7.26. The van der Waals surface area contributed by atoms with Gasteiger partial charge in [0.2, 0.25) is 0 Å². The quantitative estimate of drug-likeness (QED) is 0.316. The van der Waals surface area contributed by atoms with Crippen LogP contribution in [0.5, 0.6) is 23.0 Å². The fourth-order valence-electron chi connectivity index (χ4n) is 2.79. The third kappa shape index (κ3) is 6.13. The zero-order chi connectivity index (χ0) is 25.0. The van der Waals surface area contributed by atoms with Gasteiger partial charge in [0, 0.05) is 36.0 Å². The van der Waals surface area contributed by atoms with E-state index in [4.69, 9.17) is 21.1 Å². The molecule has 3 rings (SSSR count). The molecule has 0 aliphatic rings. The fourth-order valence-corrected chi connectivity index (χ4v) is 2.99. The zero-order valence-electron chi connectivity index (χ0n) is 17.5. The van der Waals surface area contributed by atoms with Crippen molar-refractivity contribution in [2.75, 3.05) is 12.4 Å². The second-order valence-electron chi connectivity index (χ2n) is 6.66. The molecule has 7 nitrogen and oxygen atoms in total. The molecule has 0 unspecified atom stereocenters. The number of nitrogens with one attached hydrogen (secondary N) is 1. The first kappa shape index (κ1) is 24.8. The number of carbonyl (C=O) groups is 2. The van der Waals surface area contributed by atoms with Gasteiger partial charge in [-0.25, -0.2) is 4.39 Å². The maximum atomic E-state index is 14.7. The number of rotatable bonds is 7. The van der Waals surface area contributed by atoms with Crippen molar-refractivity contribution < 1.29 is 41.4 Å². The first-order valence-corrected chi connectivity index (χ1v) is 9.73. The van der Waals surface area contributed by atoms with Gasteiger partial charge in [-0.1, -0.05) is 11.6 Å². The number of hydrogen-bond donors (Lipinski definition) is 1. The van der Waals surface area contributed by atoms with E-state index in [1.807, 2.05) is 0 Å². The van der Waals surface area contributed by atoms with Crippen molar-refractivity contribution in [2.24, 2.45) is 0 Å². The van der Waals surface area contributed by atoms with Crippen LogP contribution in [0, 0.1) is 5.82 Å². The minimum atomic E-state index is -4.93. The summed E-state index contributed by atoms with van der Waals surface area (Å²) >= 11 is 5.91. The van der Waals surface area contributed by atoms with Crippen LogP contribution in [0.1, 0.15) is 27.8 Å². The van der Waals surface area contributed by atoms with Crippen LogP contribution in [0.3, 0.4) is 0 Å². The van der Waals surface area contributed by atoms with Crippen LogP contribution in [-0.4, -0.2) is 30.1 Å². The maximum absolute atomic E-state index is 14.7. The number of methoxy groups -OCH3 is 1. The topological polar surface area (TPSA) is 86.8 Å². The van der Waals surface area contributed by atoms with Crippen LogP contribution in [-0.2, 0) is 0 Å². The molecule has 0 bridgehead atoms. The highest BCUT2D eigenvalue weighted by Gasteiger charge is 2.31. The van der Waals surface area contributed by atoms with Crippen LogP contribution in [0.4, 0.5) is 23.2 Å². The number of pyridine rings is 1. The van der Waals surface area contributed by atoms with Crippen LogP contribution in [0.2, 0.25) is 5.02 Å². The van der Waals surface area contributed by atoms with Crippen molar-refractivity contribution in [3.63, 3.8) is 0 Å². The summed E-state index contributed by atoms with van der Waals surface area (Å²) in [5.41, 5.74) is -0.309. The first-order chi connectivity index (χ1) is 16.0. The third-order valence-electron chi connectivity index (χ3n) is 4.21. The van der Waals surface area contributed by atoms with Crippen LogP contribution >= 0.6 is 11.6 Å². The van der Waals surface area contributed by atoms with Gasteiger partial charge in [0.25, 0.3) is 5.91 Å². The van der Waals surface area contributed by atoms with Crippen molar-refractivity contribution >= 4 is 29.0 Å². The van der Waals surface area contributed by atoms with Crippen molar-refractivity contribution in [2.45, 2.75) is 13.3 Å². The van der Waals surface area contributed by atoms with E-state index in [2.05, 4.69) is 15.0 Å². The Morgan fingerprint density at radius 1 is 1.03 bits per heavy atom. The number of Topliss-reactive ketones (excluding diaryl/α,β-unsaturated/α-hetero) is 1. The van der Waals surface area contributed by atoms with E-state index in [0.29, 0.717) is 0 Å². The monoisotopic (exact) mass is 498 g/mol. The summed E-state index contributed by atoms with van der Waals surface area (Å²) in [5.74, 6) is -3.57. The lowest BCUT2D eigenvalue weighted by Crippen LogP contribution is -2.17. The Hall–Kier alpha value is -3.86. The minimum Gasteiger partial charge on any atom is -0.493 e. The van der Waals surface area contributed by atoms with E-state index in [1.54, 1.807) is 0 Å². The molecule has 0 aliphatic carbocycles. The van der Waals surface area contributed by atoms with E-state index in [-0.39, 0.29) is 39.4 Å². The van der Waals surface area contributed by atoms with Crippen molar-refractivity contribution in [1.82, 2.24) is 4.98 Å². The summed E-state index contributed by atoms with van der Waals surface area (Å²) in [6.45, 7) is 1.29. The molecule has 34 heavy (non-hydrogen) atoms. The number of benzene rings is 2. The molecule has 3 aromatic rings. The second kappa shape index (κ2) is 9.96. The van der Waals surface area contributed by atoms with Crippen LogP contribution in [0.25, 0.3) is 0 Å². The number of amides is 1. The van der Waals surface area contributed by atoms with E-state index in [9.17, 15) is 27.2 Å². The summed E-state index contributed by atoms with van der Waals surface area (Å²) in [6, 6.07) is 7.66. The summed E-state index contributed by atoms with van der Waals surface area (Å²) in [5, 5.41) is 2.32. The second-order valence-corrected chi connectivity index (χ2v) is 7.10. The predicted octanol–water partition coefficient (Wildman–Crippen LogP) is 6.03. The van der Waals surface area contributed by atoms with E-state index >= 15 is 0 Å². The lowest BCUT2D eigenvalue weighted by molar-refractivity contribution is -0.274. The SMILES string of the molecule is COc1cc(OC(F)(F)F)ccc1Oc1cc(Cl)cc(F)c1C(=O)Nc1ccnc(C(C)=O)c1. The molecule has 1 amide bonds. The first-order valence-electron chi connectivity index (χ1n) is 9.36. The molecular weight excluding hydrogens is 484 g/mol. The Labute approximate surface area is 195 Å². The summed E-state index contributed by atoms with van der Waals surface area (Å²) < 4.78 is 66.6. The average Bonchev–Trinajstić information content (AvgIpc) is 2.73. The van der Waals surface area contributed by atoms with Gasteiger partial charge in [-0.05, 0) is 30.3 Å². The molecule has 0 saturated carbocycles. The molecule has 0 radical (unpaired) electrons. The number of anilines is 1. The minimum absolute atomic E-state index is 0.0803. The molecule has 0 saturated heterocycles. The van der Waals surface area contributed by atoms with Gasteiger partial charge >= 0.3 is 6.36 Å². The van der Waals surface area contributed by atoms with Gasteiger partial charge in [0.1, 0.15) is 28.6 Å². The summed E-state index contributed by atoms with van der Waals surface area (Å²) in [4.78, 5) is 28.2. The summed E-state index contributed by atoms with van der Waals surface area (Å²) in [6.07, 6.45) is -3.64. The molecule has 0 aliphatic heterocycles. The number of nitrogens with zero attached hydrogens (tertiary/aromatic N) is 1. The number of alkyl halides is 3. The number of halogens is 5. The van der Waals surface area contributed by atoms with Gasteiger partial charge in [-0.3, -0.25) is 14.6 Å². The van der Waals surface area contributed by atoms with Gasteiger partial charge < -0.3 is 19.5 Å². The number of carbonyl (C=O) groups excluding carboxylic acids is 2. The molecule has 12 heteroatoms. The number of hydrogen-bond acceptors (Lipinski definition) is 6. The average molecular weight is 499 g/mol. The van der Waals surface area contributed by atoms with Crippen molar-refractivity contribution in [3.8, 4) is 23.0 Å². The zero-order valence-corrected chi connectivity index (χ0v) is 18.3. The fraction of sp³-hybridized carbons (Fsp3) is 0.136. The van der Waals surface area contributed by atoms with E-state index < -0.39 is 29.4 Å². The van der Waals surface area contributed by atoms with Gasteiger partial charge in [0.05, 0.1) is 7.11 Å². The van der Waals surface area contributed by atoms with Crippen molar-refractivity contribution in [3.05, 3.63) is 70.8 Å². The van der Waals surface area contributed by atoms with E-state index in [0.717, 1.165) is 30.3 Å². The molecule has 0 atom stereocenters. The highest BCUT2D eigenvalue weighted by molar-refractivity contribution is 6.31. The molecule has 1 heterocycles. The molecule has 178 valence electrons. The smallest absolute Gasteiger partial charge is 0.493 e. The molecule has 1 N–H and O–H groups in total. The molecule has 0 fully saturated rings. The number of ether oxygens (including phenoxy) is 3. The van der Waals surface area contributed by atoms with Crippen LogP contribution < -0.4 is 19.5 Å². The lowest BCUT2D eigenvalue weighted by atomic mass is 10.1. The van der Waals surface area contributed by atoms with Crippen molar-refractivity contribution in [1.29, 1.82) is 0 Å². The van der Waals surface area contributed by atoms with Gasteiger partial charge in [0.15, 0.2) is 17.3 Å². The molecular formula is C22H15ClF4N2O5. The molecule has 0 spiro atoms. The van der Waals surface area contributed by atoms with Gasteiger partial charge in [-0.15, -0.1) is 13.2 Å². The lowest BCUT2D eigenvalue weighted by Gasteiger charge is -2.16. The highest BCUT2D eigenvalue weighted by Crippen LogP contribution is 2.39. The Balaban J connectivity index is 1.95. The maximum Gasteiger partial charge on any atom is 0.573 e. The van der Waals surface area contributed by atoms with Gasteiger partial charge in [-0.2, -0.15) is 0 Å². The number of ketones is 1. The third-order valence-corrected chi connectivity index (χ3v) is 4.43. The Morgan fingerprint density at radius 3 is 2.41 bits per heavy atom. The molecule has 1 aromatic heterocycles. The number of aromatic nitrogens is 1. The van der Waals surface area contributed by atoms with Crippen LogP contribution in [0.15, 0.2) is 48.7 Å². The highest BCUT2D eigenvalue weighted by atomic mass is 35.5.